The van der Waals surface area contributed by atoms with Crippen molar-refractivity contribution in [2.45, 2.75) is 77.4 Å². The summed E-state index contributed by atoms with van der Waals surface area (Å²) in [6, 6.07) is 57.4. The van der Waals surface area contributed by atoms with Gasteiger partial charge in [-0.15, -0.1) is 5.56 Å². The minimum atomic E-state index is -0.840. The Hall–Kier alpha value is -5.28. The van der Waals surface area contributed by atoms with Crippen molar-refractivity contribution >= 4 is 57.9 Å². The molecule has 0 fully saturated rings. The van der Waals surface area contributed by atoms with Crippen molar-refractivity contribution in [3.05, 3.63) is 199 Å². The maximum atomic E-state index is 5.95. The molecule has 0 N–H and O–H groups in total. The van der Waals surface area contributed by atoms with Gasteiger partial charge in [0.2, 0.25) is 0 Å². The van der Waals surface area contributed by atoms with E-state index in [2.05, 4.69) is 208 Å². The van der Waals surface area contributed by atoms with Crippen LogP contribution >= 0.6 is 23.5 Å². The van der Waals surface area contributed by atoms with Crippen molar-refractivity contribution in [1.82, 2.24) is 15.2 Å². The van der Waals surface area contributed by atoms with E-state index in [1.165, 1.54) is 43.2 Å². The van der Waals surface area contributed by atoms with Gasteiger partial charge in [-0.3, -0.25) is 10.00 Å². The number of fused-ring (bicyclic) bond motifs is 7. The largest absolute Gasteiger partial charge is 3.00 e. The van der Waals surface area contributed by atoms with Gasteiger partial charge in [-0.2, -0.15) is 29.4 Å². The van der Waals surface area contributed by atoms with Crippen molar-refractivity contribution in [2.24, 2.45) is 0 Å². The number of anilines is 6. The summed E-state index contributed by atoms with van der Waals surface area (Å²) in [5, 5.41) is 9.16. The monoisotopic (exact) mass is 1030 g/mol. The Labute approximate surface area is 389 Å². The van der Waals surface area contributed by atoms with E-state index in [0.29, 0.717) is 0 Å². The van der Waals surface area contributed by atoms with Crippen LogP contribution in [0.3, 0.4) is 0 Å². The maximum Gasteiger partial charge on any atom is 3.00 e. The van der Waals surface area contributed by atoms with Crippen LogP contribution in [-0.2, 0) is 38.6 Å². The van der Waals surface area contributed by atoms with E-state index in [1.807, 2.05) is 18.0 Å². The van der Waals surface area contributed by atoms with Crippen molar-refractivity contribution in [1.29, 1.82) is 0 Å². The summed E-state index contributed by atoms with van der Waals surface area (Å²) < 4.78 is 0. The van der Waals surface area contributed by atoms with Crippen molar-refractivity contribution in [3.8, 4) is 11.1 Å². The Morgan fingerprint density at radius 1 is 0.565 bits per heavy atom. The third-order valence-electron chi connectivity index (χ3n) is 12.1. The zero-order chi connectivity index (χ0) is 41.0. The van der Waals surface area contributed by atoms with E-state index < -0.39 is 5.41 Å². The molecule has 8 heteroatoms. The molecule has 2 aromatic heterocycles. The molecule has 0 amide bonds. The number of benzene rings is 6. The molecule has 2 aliphatic heterocycles. The summed E-state index contributed by atoms with van der Waals surface area (Å²) in [5.74, 6) is 1.72. The van der Waals surface area contributed by atoms with Crippen LogP contribution in [0.15, 0.2) is 171 Å². The molecule has 6 aromatic carbocycles. The van der Waals surface area contributed by atoms with Gasteiger partial charge in [0.25, 0.3) is 0 Å². The van der Waals surface area contributed by atoms with Gasteiger partial charge < -0.3 is 17.4 Å². The first kappa shape index (κ1) is 42.0. The third kappa shape index (κ3) is 6.51. The van der Waals surface area contributed by atoms with Gasteiger partial charge in [0.15, 0.2) is 0 Å². The number of hydrogen-bond acceptors (Lipinski definition) is 6. The molecule has 8 aromatic rings. The van der Waals surface area contributed by atoms with Crippen LogP contribution in [0.4, 0.5) is 34.4 Å². The Morgan fingerprint density at radius 3 is 1.61 bits per heavy atom. The zero-order valence-electron chi connectivity index (χ0n) is 35.8. The van der Waals surface area contributed by atoms with E-state index in [9.17, 15) is 0 Å². The second kappa shape index (κ2) is 15.5. The standard InChI is InChI=1S/C53H43N5S2.CH3.Au/c1-51(2,3)33-27-35(29-36(28-33)57-41-21-11-14-24-44(41)60-47-32-54-56-50(47)57)53(39-19-9-7-17-37(39)38-18-8-10-20-40(38)53)48-30-34(52(4,5)6)31-49(55-48)58-42-22-12-15-25-45(42)59-46-26-16-13-23-43(46)58;;/h7-28,30-32H,1-6H3;1H3;/q-2;-1;+3. The Kier molecular flexibility index (Phi) is 10.5. The number of hydrogen-bond donors (Lipinski definition) is 0. The van der Waals surface area contributed by atoms with Crippen LogP contribution in [0.2, 0.25) is 0 Å². The topological polar surface area (TPSA) is 46.4 Å². The fourth-order valence-corrected chi connectivity index (χ4v) is 11.2. The van der Waals surface area contributed by atoms with Crippen LogP contribution in [-0.4, -0.2) is 10.1 Å². The first-order valence-corrected chi connectivity index (χ1v) is 22.2. The molecule has 62 heavy (non-hydrogen) atoms. The van der Waals surface area contributed by atoms with Gasteiger partial charge in [0.05, 0.1) is 22.5 Å². The summed E-state index contributed by atoms with van der Waals surface area (Å²) >= 11 is 3.53. The van der Waals surface area contributed by atoms with Crippen molar-refractivity contribution in [3.63, 3.8) is 0 Å². The number of aromatic nitrogens is 3. The number of para-hydroxylation sites is 3. The smallest absolute Gasteiger partial charge is 0.437 e. The second-order valence-corrected chi connectivity index (χ2v) is 20.1. The van der Waals surface area contributed by atoms with Gasteiger partial charge in [-0.25, -0.2) is 4.98 Å². The summed E-state index contributed by atoms with van der Waals surface area (Å²) in [4.78, 5) is 15.2. The van der Waals surface area contributed by atoms with Gasteiger partial charge in [0.1, 0.15) is 5.82 Å². The second-order valence-electron chi connectivity index (χ2n) is 17.9. The molecule has 1 aliphatic carbocycles. The van der Waals surface area contributed by atoms with Crippen LogP contribution in [0.25, 0.3) is 11.1 Å². The molecule has 0 saturated carbocycles. The predicted octanol–water partition coefficient (Wildman–Crippen LogP) is 14.5. The summed E-state index contributed by atoms with van der Waals surface area (Å²) in [5.41, 5.74) is 12.2. The van der Waals surface area contributed by atoms with E-state index in [-0.39, 0.29) is 40.6 Å². The predicted molar refractivity (Wildman–Crippen MR) is 253 cm³/mol. The molecule has 0 saturated heterocycles. The Bertz CT molecular complexity index is 2920. The molecule has 0 atom stereocenters. The first-order chi connectivity index (χ1) is 29.0. The van der Waals surface area contributed by atoms with Gasteiger partial charge in [-0.05, 0) is 92.6 Å². The van der Waals surface area contributed by atoms with E-state index in [1.54, 1.807) is 11.8 Å². The van der Waals surface area contributed by atoms with Gasteiger partial charge in [0, 0.05) is 25.8 Å². The normalized spacial score (nSPS) is 14.3. The zero-order valence-corrected chi connectivity index (χ0v) is 39.6. The number of rotatable bonds is 4. The molecule has 5 nitrogen and oxygen atoms in total. The van der Waals surface area contributed by atoms with Gasteiger partial charge >= 0.3 is 22.4 Å². The number of nitrogens with zero attached hydrogens (tertiary/aromatic N) is 5. The van der Waals surface area contributed by atoms with Crippen LogP contribution in [0, 0.1) is 13.5 Å². The quantitative estimate of drug-likeness (QED) is 0.129. The van der Waals surface area contributed by atoms with Crippen molar-refractivity contribution < 1.29 is 22.4 Å². The summed E-state index contributed by atoms with van der Waals surface area (Å²) in [6.07, 6.45) is 1.88. The molecule has 4 heterocycles. The molecule has 11 rings (SSSR count). The summed E-state index contributed by atoms with van der Waals surface area (Å²) in [7, 11) is 0. The van der Waals surface area contributed by atoms with Crippen LogP contribution in [0.5, 0.6) is 0 Å². The SMILES string of the molecule is CC(C)(C)c1cc(N2c3ccccc3Sc3cn[n-]c32)[c-]c(C2(c3cc(C(C)(C)C)cc(N4c5ccccc5Sc5ccccc54)n3)c3ccccc3-c3ccccc32)c1.[Au+3].[CH3-]. The Morgan fingerprint density at radius 2 is 1.05 bits per heavy atom. The average Bonchev–Trinajstić information content (AvgIpc) is 3.84. The molecule has 0 spiro atoms. The first-order valence-electron chi connectivity index (χ1n) is 20.5. The molecule has 310 valence electrons. The maximum absolute atomic E-state index is 5.95. The number of pyridine rings is 1. The average molecular weight is 1030 g/mol. The minimum Gasteiger partial charge on any atom is -0.437 e. The van der Waals surface area contributed by atoms with Crippen LogP contribution in [0.1, 0.15) is 75.1 Å². The third-order valence-corrected chi connectivity index (χ3v) is 14.3. The van der Waals surface area contributed by atoms with E-state index in [4.69, 9.17) is 10.1 Å². The minimum absolute atomic E-state index is 0. The Balaban J connectivity index is 0.00000245. The molecular formula is C54H46AuN5S2. The molecule has 0 bridgehead atoms. The summed E-state index contributed by atoms with van der Waals surface area (Å²) in [6.45, 7) is 13.8. The molecule has 0 unspecified atom stereocenters. The molecular weight excluding hydrogens is 980 g/mol. The van der Waals surface area contributed by atoms with E-state index >= 15 is 0 Å². The fraction of sp³-hybridized carbons (Fsp3) is 0.167. The van der Waals surface area contributed by atoms with Crippen molar-refractivity contribution in [2.75, 3.05) is 9.80 Å². The van der Waals surface area contributed by atoms with Crippen LogP contribution < -0.4 is 14.9 Å². The fourth-order valence-electron chi connectivity index (χ4n) is 9.13. The molecule has 3 aliphatic rings. The van der Waals surface area contributed by atoms with E-state index in [0.717, 1.165) is 55.4 Å². The van der Waals surface area contributed by atoms with Gasteiger partial charge in [-0.1, -0.05) is 156 Å². The molecule has 0 radical (unpaired) electrons.